The standard InChI is InChI=1S/C37H60N2O6/c1-21(2)32(42)39-15-16-43-28(19-39)45-27-11-12-36-20-37(36)14-13-34(7)29-22(3)17-24(18-38-23(4)40)44-30(29)31(41)35(34,8)26(37)10-9-25(36)33(27,5)6/h21-22,24-31,41H,9-20H2,1-8H3,(H,38,40)/t22-,24?,25+,26?,27?,28+,29?,30?,31+,34-,35-,36-,37+/m1/s1. The molecule has 2 aliphatic heterocycles. The zero-order valence-corrected chi connectivity index (χ0v) is 29.2. The number of nitrogens with zero attached hydrogens (tertiary/aromatic N) is 1. The van der Waals surface area contributed by atoms with E-state index < -0.39 is 6.10 Å². The van der Waals surface area contributed by atoms with Gasteiger partial charge in [-0.05, 0) is 96.7 Å². The van der Waals surface area contributed by atoms with E-state index in [1.165, 1.54) is 25.7 Å². The van der Waals surface area contributed by atoms with E-state index in [0.29, 0.717) is 60.7 Å². The zero-order valence-electron chi connectivity index (χ0n) is 29.2. The Bertz CT molecular complexity index is 1210. The van der Waals surface area contributed by atoms with Gasteiger partial charge in [0.05, 0.1) is 37.6 Å². The number of amides is 2. The lowest BCUT2D eigenvalue weighted by molar-refractivity contribution is -0.248. The van der Waals surface area contributed by atoms with E-state index in [2.05, 4.69) is 39.9 Å². The predicted molar refractivity (Wildman–Crippen MR) is 171 cm³/mol. The van der Waals surface area contributed by atoms with Gasteiger partial charge in [0.15, 0.2) is 6.29 Å². The van der Waals surface area contributed by atoms with Crippen molar-refractivity contribution in [3.8, 4) is 0 Å². The Kier molecular flexibility index (Phi) is 7.64. The highest BCUT2D eigenvalue weighted by Gasteiger charge is 2.84. The molecule has 7 aliphatic rings. The molecule has 0 aromatic carbocycles. The van der Waals surface area contributed by atoms with Crippen LogP contribution in [0.15, 0.2) is 0 Å². The maximum Gasteiger partial charge on any atom is 0.225 e. The Balaban J connectivity index is 1.10. The lowest BCUT2D eigenvalue weighted by Crippen LogP contribution is -2.60. The molecule has 7 rings (SSSR count). The molecule has 5 unspecified atom stereocenters. The van der Waals surface area contributed by atoms with Crippen molar-refractivity contribution in [1.82, 2.24) is 10.2 Å². The first-order valence-corrected chi connectivity index (χ1v) is 18.3. The largest absolute Gasteiger partial charge is 0.390 e. The summed E-state index contributed by atoms with van der Waals surface area (Å²) in [6.07, 6.45) is 8.27. The summed E-state index contributed by atoms with van der Waals surface area (Å²) in [6, 6.07) is 0. The molecule has 2 spiro atoms. The molecule has 0 aromatic rings. The van der Waals surface area contributed by atoms with Crippen molar-refractivity contribution in [1.29, 1.82) is 0 Å². The summed E-state index contributed by atoms with van der Waals surface area (Å²) < 4.78 is 19.6. The highest BCUT2D eigenvalue weighted by atomic mass is 16.7. The van der Waals surface area contributed by atoms with Crippen molar-refractivity contribution >= 4 is 11.8 Å². The summed E-state index contributed by atoms with van der Waals surface area (Å²) in [6.45, 7) is 19.9. The Hall–Kier alpha value is -1.22. The molecule has 0 aromatic heterocycles. The third-order valence-corrected chi connectivity index (χ3v) is 15.5. The average Bonchev–Trinajstić information content (AvgIpc) is 3.62. The molecular formula is C37H60N2O6. The van der Waals surface area contributed by atoms with E-state index in [4.69, 9.17) is 14.2 Å². The number of carbonyl (C=O) groups excluding carboxylic acids is 2. The maximum absolute atomic E-state index is 12.7. The number of hydrogen-bond acceptors (Lipinski definition) is 6. The molecule has 5 saturated carbocycles. The van der Waals surface area contributed by atoms with Crippen LogP contribution in [0, 0.1) is 56.7 Å². The minimum absolute atomic E-state index is 0.0128. The van der Waals surface area contributed by atoms with Crippen molar-refractivity contribution < 1.29 is 28.9 Å². The lowest BCUT2D eigenvalue weighted by atomic mass is 9.41. The fourth-order valence-corrected chi connectivity index (χ4v) is 13.5. The summed E-state index contributed by atoms with van der Waals surface area (Å²) in [5.74, 6) is 2.01. The Morgan fingerprint density at radius 3 is 2.47 bits per heavy atom. The topological polar surface area (TPSA) is 97.3 Å². The number of hydrogen-bond donors (Lipinski definition) is 2. The van der Waals surface area contributed by atoms with Crippen LogP contribution in [0.25, 0.3) is 0 Å². The maximum atomic E-state index is 12.7. The number of aliphatic hydroxyl groups is 1. The van der Waals surface area contributed by atoms with E-state index in [-0.39, 0.29) is 58.6 Å². The number of morpholine rings is 1. The van der Waals surface area contributed by atoms with E-state index >= 15 is 0 Å². The molecule has 0 radical (unpaired) electrons. The second kappa shape index (κ2) is 10.6. The fourth-order valence-electron chi connectivity index (χ4n) is 13.5. The van der Waals surface area contributed by atoms with Gasteiger partial charge in [-0.1, -0.05) is 48.5 Å². The number of ether oxygens (including phenoxy) is 3. The van der Waals surface area contributed by atoms with Crippen LogP contribution >= 0.6 is 0 Å². The van der Waals surface area contributed by atoms with E-state index in [1.807, 2.05) is 18.7 Å². The van der Waals surface area contributed by atoms with Crippen LogP contribution < -0.4 is 5.32 Å². The van der Waals surface area contributed by atoms with Gasteiger partial charge in [-0.15, -0.1) is 0 Å². The molecule has 2 saturated heterocycles. The number of carbonyl (C=O) groups is 2. The second-order valence-electron chi connectivity index (χ2n) is 17.9. The fraction of sp³-hybridized carbons (Fsp3) is 0.946. The average molecular weight is 629 g/mol. The van der Waals surface area contributed by atoms with Crippen molar-refractivity contribution in [3.05, 3.63) is 0 Å². The van der Waals surface area contributed by atoms with Gasteiger partial charge in [0.1, 0.15) is 0 Å². The first kappa shape index (κ1) is 32.3. The van der Waals surface area contributed by atoms with Crippen LogP contribution in [0.5, 0.6) is 0 Å². The van der Waals surface area contributed by atoms with E-state index in [1.54, 1.807) is 6.92 Å². The highest BCUT2D eigenvalue weighted by Crippen LogP contribution is 2.89. The quantitative estimate of drug-likeness (QED) is 0.437. The lowest BCUT2D eigenvalue weighted by Gasteiger charge is -2.64. The number of rotatable bonds is 5. The van der Waals surface area contributed by atoms with Gasteiger partial charge in [-0.2, -0.15) is 0 Å². The SMILES string of the molecule is CC(=O)NCC1C[C@@H](C)C2C(O1)[C@H](O)[C@@]1(C)C3CC[C@H]4C(C)(C)C(O[C@H]5CN(C(=O)C(C)C)CCO5)CC[C@@]45C[C@@]35CC[C@]21C. The zero-order chi connectivity index (χ0) is 32.3. The molecule has 7 fully saturated rings. The van der Waals surface area contributed by atoms with Gasteiger partial charge >= 0.3 is 0 Å². The van der Waals surface area contributed by atoms with Crippen molar-refractivity contribution in [2.45, 2.75) is 137 Å². The first-order chi connectivity index (χ1) is 21.1. The third kappa shape index (κ3) is 4.36. The van der Waals surface area contributed by atoms with Gasteiger partial charge in [-0.3, -0.25) is 9.59 Å². The predicted octanol–water partition coefficient (Wildman–Crippen LogP) is 5.16. The van der Waals surface area contributed by atoms with E-state index in [9.17, 15) is 14.7 Å². The van der Waals surface area contributed by atoms with Gasteiger partial charge in [0.2, 0.25) is 11.8 Å². The summed E-state index contributed by atoms with van der Waals surface area (Å²) in [4.78, 5) is 26.3. The summed E-state index contributed by atoms with van der Waals surface area (Å²) in [7, 11) is 0. The van der Waals surface area contributed by atoms with Crippen LogP contribution in [0.4, 0.5) is 0 Å². The van der Waals surface area contributed by atoms with Crippen molar-refractivity contribution in [2.75, 3.05) is 26.2 Å². The Morgan fingerprint density at radius 1 is 1.04 bits per heavy atom. The third-order valence-electron chi connectivity index (χ3n) is 15.5. The monoisotopic (exact) mass is 628 g/mol. The molecule has 5 aliphatic carbocycles. The smallest absolute Gasteiger partial charge is 0.225 e. The van der Waals surface area contributed by atoms with Crippen LogP contribution in [0.1, 0.15) is 107 Å². The molecular weight excluding hydrogens is 568 g/mol. The molecule has 2 N–H and O–H groups in total. The van der Waals surface area contributed by atoms with Crippen molar-refractivity contribution in [3.63, 3.8) is 0 Å². The number of fused-ring (bicyclic) bond motifs is 4. The van der Waals surface area contributed by atoms with Crippen LogP contribution in [-0.4, -0.2) is 78.8 Å². The second-order valence-corrected chi connectivity index (χ2v) is 17.9. The van der Waals surface area contributed by atoms with E-state index in [0.717, 1.165) is 25.7 Å². The minimum atomic E-state index is -0.487. The number of aliphatic hydroxyl groups excluding tert-OH is 1. The van der Waals surface area contributed by atoms with Gasteiger partial charge < -0.3 is 29.5 Å². The molecule has 2 amide bonds. The molecule has 8 nitrogen and oxygen atoms in total. The normalized spacial score (nSPS) is 51.3. The van der Waals surface area contributed by atoms with Crippen LogP contribution in [0.2, 0.25) is 0 Å². The van der Waals surface area contributed by atoms with Crippen LogP contribution in [0.3, 0.4) is 0 Å². The van der Waals surface area contributed by atoms with Crippen molar-refractivity contribution in [2.24, 2.45) is 56.7 Å². The number of nitrogens with one attached hydrogen (secondary N) is 1. The summed E-state index contributed by atoms with van der Waals surface area (Å²) >= 11 is 0. The van der Waals surface area contributed by atoms with Gasteiger partial charge in [0.25, 0.3) is 0 Å². The molecule has 2 heterocycles. The first-order valence-electron chi connectivity index (χ1n) is 18.3. The summed E-state index contributed by atoms with van der Waals surface area (Å²) in [5, 5.41) is 15.3. The minimum Gasteiger partial charge on any atom is -0.390 e. The Morgan fingerprint density at radius 2 is 1.76 bits per heavy atom. The summed E-state index contributed by atoms with van der Waals surface area (Å²) in [5.41, 5.74) is 0.479. The molecule has 8 heteroatoms. The molecule has 13 atom stereocenters. The Labute approximate surface area is 271 Å². The highest BCUT2D eigenvalue weighted by molar-refractivity contribution is 5.78. The van der Waals surface area contributed by atoms with Gasteiger partial charge in [0, 0.05) is 31.3 Å². The molecule has 45 heavy (non-hydrogen) atoms. The van der Waals surface area contributed by atoms with Gasteiger partial charge in [-0.25, -0.2) is 0 Å². The molecule has 254 valence electrons. The molecule has 0 bridgehead atoms. The van der Waals surface area contributed by atoms with Crippen LogP contribution in [-0.2, 0) is 23.8 Å².